The van der Waals surface area contributed by atoms with Crippen LogP contribution in [0, 0.1) is 0 Å². The highest BCUT2D eigenvalue weighted by atomic mass is 32.1. The van der Waals surface area contributed by atoms with Crippen molar-refractivity contribution in [2.24, 2.45) is 0 Å². The molecule has 0 unspecified atom stereocenters. The van der Waals surface area contributed by atoms with Gasteiger partial charge in [-0.05, 0) is 44.4 Å². The Bertz CT molecular complexity index is 950. The van der Waals surface area contributed by atoms with Crippen LogP contribution in [0.1, 0.15) is 20.8 Å². The van der Waals surface area contributed by atoms with Crippen molar-refractivity contribution in [2.45, 2.75) is 50.0 Å². The second kappa shape index (κ2) is 6.46. The highest BCUT2D eigenvalue weighted by Crippen LogP contribution is 2.48. The number of hydrogen-bond acceptors (Lipinski definition) is 12. The van der Waals surface area contributed by atoms with Gasteiger partial charge in [0.25, 0.3) is 0 Å². The van der Waals surface area contributed by atoms with Crippen LogP contribution < -0.4 is 4.90 Å². The van der Waals surface area contributed by atoms with Crippen molar-refractivity contribution < 1.29 is 50.4 Å². The Morgan fingerprint density at radius 2 is 1.43 bits per heavy atom. The number of aliphatic hydroxyl groups is 8. The topological polar surface area (TPSA) is 195 Å². The third-order valence-electron chi connectivity index (χ3n) is 4.44. The number of amides is 1. The number of thiophene rings is 1. The SMILES string of the molecule is CC(C)(C)OC(=O)N1C(O)(O)C(O)(O)N(c2cccc3sccc23)C(O)(O)C1(O)O. The molecule has 0 radical (unpaired) electrons. The molecule has 1 fully saturated rings. The van der Waals surface area contributed by atoms with E-state index in [0.717, 1.165) is 6.07 Å². The Morgan fingerprint density at radius 3 is 1.93 bits per heavy atom. The van der Waals surface area contributed by atoms with Gasteiger partial charge >= 0.3 is 29.7 Å². The second-order valence-electron chi connectivity index (χ2n) is 7.80. The van der Waals surface area contributed by atoms with Gasteiger partial charge in [0.1, 0.15) is 5.60 Å². The molecule has 8 N–H and O–H groups in total. The van der Waals surface area contributed by atoms with Crippen LogP contribution in [0.3, 0.4) is 0 Å². The Labute approximate surface area is 173 Å². The third-order valence-corrected chi connectivity index (χ3v) is 5.32. The minimum Gasteiger partial charge on any atom is -0.443 e. The van der Waals surface area contributed by atoms with Gasteiger partial charge in [0.15, 0.2) is 0 Å². The van der Waals surface area contributed by atoms with Gasteiger partial charge in [-0.3, -0.25) is 4.90 Å². The van der Waals surface area contributed by atoms with Gasteiger partial charge in [-0.15, -0.1) is 11.3 Å². The highest BCUT2D eigenvalue weighted by Gasteiger charge is 2.79. The lowest BCUT2D eigenvalue weighted by molar-refractivity contribution is -0.536. The molecule has 0 saturated carbocycles. The van der Waals surface area contributed by atoms with Gasteiger partial charge in [0.2, 0.25) is 0 Å². The van der Waals surface area contributed by atoms with Crippen LogP contribution in [0.25, 0.3) is 10.1 Å². The molecule has 1 aliphatic heterocycles. The Kier molecular flexibility index (Phi) is 4.87. The van der Waals surface area contributed by atoms with E-state index in [2.05, 4.69) is 0 Å². The Morgan fingerprint density at radius 1 is 0.900 bits per heavy atom. The molecule has 30 heavy (non-hydrogen) atoms. The number of hydrogen-bond donors (Lipinski definition) is 8. The van der Waals surface area contributed by atoms with Crippen LogP contribution in [0.5, 0.6) is 0 Å². The average molecular weight is 446 g/mol. The lowest BCUT2D eigenvalue weighted by Crippen LogP contribution is -2.91. The predicted octanol–water partition coefficient (Wildman–Crippen LogP) is -1.49. The lowest BCUT2D eigenvalue weighted by atomic mass is 10.0. The average Bonchev–Trinajstić information content (AvgIpc) is 3.00. The minimum atomic E-state index is -4.20. The van der Waals surface area contributed by atoms with Crippen LogP contribution in [0.2, 0.25) is 0 Å². The number of ether oxygens (including phenoxy) is 1. The van der Waals surface area contributed by atoms with E-state index in [9.17, 15) is 45.6 Å². The Balaban J connectivity index is 2.25. The summed E-state index contributed by atoms with van der Waals surface area (Å²) in [5.41, 5.74) is -1.74. The largest absolute Gasteiger partial charge is 0.443 e. The van der Waals surface area contributed by atoms with E-state index < -0.39 is 45.9 Å². The van der Waals surface area contributed by atoms with Crippen LogP contribution in [0.4, 0.5) is 10.5 Å². The number of nitrogens with zero attached hydrogens (tertiary/aromatic N) is 2. The van der Waals surface area contributed by atoms with Crippen molar-refractivity contribution in [2.75, 3.05) is 4.90 Å². The zero-order valence-corrected chi connectivity index (χ0v) is 16.9. The molecule has 1 aromatic heterocycles. The number of carbonyl (C=O) groups is 1. The molecule has 12 nitrogen and oxygen atoms in total. The second-order valence-corrected chi connectivity index (χ2v) is 8.75. The van der Waals surface area contributed by atoms with E-state index in [-0.39, 0.29) is 10.3 Å². The number of rotatable bonds is 1. The molecule has 0 atom stereocenters. The highest BCUT2D eigenvalue weighted by molar-refractivity contribution is 7.17. The van der Waals surface area contributed by atoms with E-state index >= 15 is 0 Å². The van der Waals surface area contributed by atoms with Gasteiger partial charge < -0.3 is 45.6 Å². The van der Waals surface area contributed by atoms with Gasteiger partial charge in [0, 0.05) is 10.1 Å². The smallest absolute Gasteiger partial charge is 0.419 e. The third kappa shape index (κ3) is 3.03. The summed E-state index contributed by atoms with van der Waals surface area (Å²) in [4.78, 5) is 11.4. The van der Waals surface area contributed by atoms with Crippen molar-refractivity contribution in [3.8, 4) is 0 Å². The fraction of sp³-hybridized carbons (Fsp3) is 0.471. The summed E-state index contributed by atoms with van der Waals surface area (Å²) in [7, 11) is 0. The fourth-order valence-electron chi connectivity index (χ4n) is 3.11. The van der Waals surface area contributed by atoms with Crippen molar-refractivity contribution in [3.63, 3.8) is 0 Å². The molecule has 0 spiro atoms. The first-order valence-electron chi connectivity index (χ1n) is 8.55. The van der Waals surface area contributed by atoms with Gasteiger partial charge in [-0.1, -0.05) is 6.07 Å². The van der Waals surface area contributed by atoms with E-state index in [1.54, 1.807) is 11.4 Å². The molecular weight excluding hydrogens is 424 g/mol. The van der Waals surface area contributed by atoms with Crippen LogP contribution in [0.15, 0.2) is 29.6 Å². The first-order valence-corrected chi connectivity index (χ1v) is 9.43. The predicted molar refractivity (Wildman–Crippen MR) is 101 cm³/mol. The van der Waals surface area contributed by atoms with Crippen LogP contribution in [-0.2, 0) is 4.74 Å². The summed E-state index contributed by atoms with van der Waals surface area (Å²) in [5.74, 6) is -16.5. The first kappa shape index (κ1) is 22.6. The van der Waals surface area contributed by atoms with Crippen molar-refractivity contribution in [3.05, 3.63) is 29.6 Å². The summed E-state index contributed by atoms with van der Waals surface area (Å²) < 4.78 is 5.33. The standard InChI is InChI=1S/C17H22N2O10S/c1-13(2,3)29-12(20)19-16(25,26)14(21,22)18(15(23,24)17(19,27)28)10-5-4-6-11-9(10)7-8-30-11/h4-8,21-28H,1-3H3. The zero-order chi connectivity index (χ0) is 22.9. The molecule has 1 saturated heterocycles. The van der Waals surface area contributed by atoms with Crippen molar-refractivity contribution in [1.82, 2.24) is 4.90 Å². The maximum Gasteiger partial charge on any atom is 0.419 e. The van der Waals surface area contributed by atoms with E-state index in [0.29, 0.717) is 4.70 Å². The van der Waals surface area contributed by atoms with Crippen LogP contribution in [-0.4, -0.2) is 81.1 Å². The molecule has 166 valence electrons. The van der Waals surface area contributed by atoms with Crippen LogP contribution >= 0.6 is 11.3 Å². The first-order chi connectivity index (χ1) is 13.5. The number of anilines is 1. The fourth-order valence-corrected chi connectivity index (χ4v) is 3.91. The van der Waals surface area contributed by atoms with Gasteiger partial charge in [0.05, 0.1) is 5.69 Å². The molecular formula is C17H22N2O10S. The minimum absolute atomic E-state index is 0.180. The van der Waals surface area contributed by atoms with Crippen molar-refractivity contribution >= 4 is 33.2 Å². The number of fused-ring (bicyclic) bond motifs is 1. The molecule has 2 heterocycles. The molecule has 1 aromatic carbocycles. The maximum atomic E-state index is 12.4. The molecule has 1 aliphatic rings. The monoisotopic (exact) mass is 446 g/mol. The molecule has 2 aromatic rings. The molecule has 0 bridgehead atoms. The van der Waals surface area contributed by atoms with E-state index in [4.69, 9.17) is 4.74 Å². The molecule has 0 aliphatic carbocycles. The Hall–Kier alpha value is -2.07. The quantitative estimate of drug-likeness (QED) is 0.238. The lowest BCUT2D eigenvalue weighted by Gasteiger charge is -2.60. The number of benzene rings is 1. The summed E-state index contributed by atoms with van der Waals surface area (Å²) in [6, 6.07) is 5.54. The molecule has 3 rings (SSSR count). The summed E-state index contributed by atoms with van der Waals surface area (Å²) in [6.07, 6.45) is -1.90. The summed E-state index contributed by atoms with van der Waals surface area (Å²) in [5, 5.41) is 85.9. The van der Waals surface area contributed by atoms with E-state index in [1.807, 2.05) is 0 Å². The van der Waals surface area contributed by atoms with Gasteiger partial charge in [-0.25, -0.2) is 4.79 Å². The van der Waals surface area contributed by atoms with Crippen molar-refractivity contribution in [1.29, 1.82) is 0 Å². The zero-order valence-electron chi connectivity index (χ0n) is 16.1. The van der Waals surface area contributed by atoms with E-state index in [1.165, 1.54) is 44.2 Å². The maximum absolute atomic E-state index is 12.4. The number of piperazine rings is 1. The van der Waals surface area contributed by atoms with Gasteiger partial charge in [-0.2, -0.15) is 4.90 Å². The molecule has 13 heteroatoms. The number of carbonyl (C=O) groups excluding carboxylic acids is 1. The molecule has 1 amide bonds. The summed E-state index contributed by atoms with van der Waals surface area (Å²) in [6.45, 7) is 4.05. The summed E-state index contributed by atoms with van der Waals surface area (Å²) >= 11 is 1.19. The normalized spacial score (nSPS) is 22.2.